The Bertz CT molecular complexity index is 854. The highest BCUT2D eigenvalue weighted by Gasteiger charge is 2.07. The van der Waals surface area contributed by atoms with Gasteiger partial charge in [0.05, 0.1) is 12.3 Å². The molecule has 0 aliphatic rings. The largest absolute Gasteiger partial charge is 0.494 e. The van der Waals surface area contributed by atoms with Crippen molar-refractivity contribution in [3.05, 3.63) is 60.7 Å². The van der Waals surface area contributed by atoms with Crippen LogP contribution in [0.2, 0.25) is 0 Å². The average Bonchev–Trinajstić information content (AvgIpc) is 2.73. The lowest BCUT2D eigenvalue weighted by molar-refractivity contribution is 0.197. The molecule has 0 aliphatic heterocycles. The van der Waals surface area contributed by atoms with Crippen molar-refractivity contribution < 1.29 is 9.47 Å². The van der Waals surface area contributed by atoms with E-state index in [0.29, 0.717) is 19.2 Å². The molecule has 0 saturated carbocycles. The molecule has 0 aliphatic carbocycles. The van der Waals surface area contributed by atoms with Crippen LogP contribution < -0.4 is 15.4 Å². The molecule has 0 atom stereocenters. The molecular formula is C22H26N4O2. The van der Waals surface area contributed by atoms with E-state index in [1.807, 2.05) is 67.6 Å². The zero-order valence-corrected chi connectivity index (χ0v) is 16.3. The van der Waals surface area contributed by atoms with E-state index in [9.17, 15) is 0 Å². The molecule has 3 aromatic rings. The van der Waals surface area contributed by atoms with Gasteiger partial charge in [0.25, 0.3) is 0 Å². The van der Waals surface area contributed by atoms with Gasteiger partial charge in [0.2, 0.25) is 5.95 Å². The molecule has 0 radical (unpaired) electrons. The Labute approximate surface area is 166 Å². The van der Waals surface area contributed by atoms with Crippen molar-refractivity contribution in [3.63, 3.8) is 0 Å². The number of hydrogen-bond acceptors (Lipinski definition) is 6. The van der Waals surface area contributed by atoms with E-state index in [1.165, 1.54) is 0 Å². The lowest BCUT2D eigenvalue weighted by Gasteiger charge is -2.12. The first-order valence-corrected chi connectivity index (χ1v) is 9.45. The first-order chi connectivity index (χ1) is 13.8. The standard InChI is InChI=1S/C22H26N4O2/c1-3-28-19-12-10-18(11-13-19)24-21-16-20(17-8-5-4-6-9-17)25-22(26-21)23-14-7-15-27-2/h4-6,8-13,16H,3,7,14-15H2,1-2H3,(H2,23,24,25,26). The number of ether oxygens (including phenoxy) is 2. The van der Waals surface area contributed by atoms with E-state index in [1.54, 1.807) is 7.11 Å². The molecule has 1 heterocycles. The van der Waals surface area contributed by atoms with Crippen molar-refractivity contribution in [2.75, 3.05) is 37.5 Å². The van der Waals surface area contributed by atoms with Gasteiger partial charge < -0.3 is 20.1 Å². The second-order valence-electron chi connectivity index (χ2n) is 6.18. The summed E-state index contributed by atoms with van der Waals surface area (Å²) < 4.78 is 10.6. The minimum atomic E-state index is 0.589. The molecule has 0 bridgehead atoms. The highest BCUT2D eigenvalue weighted by Crippen LogP contribution is 2.24. The fraction of sp³-hybridized carbons (Fsp3) is 0.273. The minimum Gasteiger partial charge on any atom is -0.494 e. The van der Waals surface area contributed by atoms with Gasteiger partial charge >= 0.3 is 0 Å². The third-order valence-electron chi connectivity index (χ3n) is 4.04. The smallest absolute Gasteiger partial charge is 0.225 e. The van der Waals surface area contributed by atoms with Gasteiger partial charge in [-0.1, -0.05) is 30.3 Å². The first-order valence-electron chi connectivity index (χ1n) is 9.45. The monoisotopic (exact) mass is 378 g/mol. The second kappa shape index (κ2) is 10.3. The van der Waals surface area contributed by atoms with Crippen LogP contribution in [0.25, 0.3) is 11.3 Å². The van der Waals surface area contributed by atoms with Gasteiger partial charge in [-0.25, -0.2) is 4.98 Å². The molecule has 0 spiro atoms. The molecule has 6 heteroatoms. The maximum absolute atomic E-state index is 5.50. The maximum Gasteiger partial charge on any atom is 0.225 e. The van der Waals surface area contributed by atoms with Crippen LogP contribution in [-0.2, 0) is 4.74 Å². The van der Waals surface area contributed by atoms with Crippen LogP contribution in [0.5, 0.6) is 5.75 Å². The van der Waals surface area contributed by atoms with Gasteiger partial charge in [0.15, 0.2) is 0 Å². The summed E-state index contributed by atoms with van der Waals surface area (Å²) >= 11 is 0. The van der Waals surface area contributed by atoms with Gasteiger partial charge in [0.1, 0.15) is 11.6 Å². The third kappa shape index (κ3) is 5.69. The van der Waals surface area contributed by atoms with E-state index in [2.05, 4.69) is 20.6 Å². The number of hydrogen-bond donors (Lipinski definition) is 2. The van der Waals surface area contributed by atoms with Crippen LogP contribution in [0.4, 0.5) is 17.5 Å². The highest BCUT2D eigenvalue weighted by molar-refractivity contribution is 5.67. The third-order valence-corrected chi connectivity index (χ3v) is 4.04. The van der Waals surface area contributed by atoms with Crippen molar-refractivity contribution in [1.29, 1.82) is 0 Å². The molecule has 0 unspecified atom stereocenters. The lowest BCUT2D eigenvalue weighted by Crippen LogP contribution is -2.09. The van der Waals surface area contributed by atoms with E-state index in [-0.39, 0.29) is 0 Å². The van der Waals surface area contributed by atoms with Gasteiger partial charge in [0, 0.05) is 37.6 Å². The van der Waals surface area contributed by atoms with E-state index < -0.39 is 0 Å². The van der Waals surface area contributed by atoms with Crippen LogP contribution in [0, 0.1) is 0 Å². The molecule has 28 heavy (non-hydrogen) atoms. The molecule has 146 valence electrons. The Kier molecular flexibility index (Phi) is 7.21. The van der Waals surface area contributed by atoms with Gasteiger partial charge in [-0.05, 0) is 37.6 Å². The zero-order valence-electron chi connectivity index (χ0n) is 16.3. The van der Waals surface area contributed by atoms with Gasteiger partial charge in [-0.3, -0.25) is 0 Å². The van der Waals surface area contributed by atoms with Gasteiger partial charge in [-0.2, -0.15) is 4.98 Å². The molecular weight excluding hydrogens is 352 g/mol. The predicted octanol–water partition coefficient (Wildman–Crippen LogP) is 4.73. The van der Waals surface area contributed by atoms with Gasteiger partial charge in [-0.15, -0.1) is 0 Å². The number of aromatic nitrogens is 2. The molecule has 2 N–H and O–H groups in total. The lowest BCUT2D eigenvalue weighted by atomic mass is 10.1. The fourth-order valence-corrected chi connectivity index (χ4v) is 2.71. The van der Waals surface area contributed by atoms with Crippen molar-refractivity contribution >= 4 is 17.5 Å². The summed E-state index contributed by atoms with van der Waals surface area (Å²) in [5, 5.41) is 6.63. The Morgan fingerprint density at radius 1 is 0.964 bits per heavy atom. The Morgan fingerprint density at radius 2 is 1.75 bits per heavy atom. The molecule has 6 nitrogen and oxygen atoms in total. The molecule has 0 amide bonds. The van der Waals surface area contributed by atoms with Crippen LogP contribution in [0.15, 0.2) is 60.7 Å². The fourth-order valence-electron chi connectivity index (χ4n) is 2.71. The maximum atomic E-state index is 5.50. The normalized spacial score (nSPS) is 10.5. The van der Waals surface area contributed by atoms with Crippen molar-refractivity contribution in [3.8, 4) is 17.0 Å². The van der Waals surface area contributed by atoms with E-state index >= 15 is 0 Å². The average molecular weight is 378 g/mol. The molecule has 0 fully saturated rings. The van der Waals surface area contributed by atoms with Crippen LogP contribution in [0.1, 0.15) is 13.3 Å². The number of nitrogens with zero attached hydrogens (tertiary/aromatic N) is 2. The second-order valence-corrected chi connectivity index (χ2v) is 6.18. The molecule has 3 rings (SSSR count). The highest BCUT2D eigenvalue weighted by atomic mass is 16.5. The Balaban J connectivity index is 1.81. The summed E-state index contributed by atoms with van der Waals surface area (Å²) in [5.41, 5.74) is 2.84. The van der Waals surface area contributed by atoms with Crippen LogP contribution in [0.3, 0.4) is 0 Å². The van der Waals surface area contributed by atoms with Crippen LogP contribution >= 0.6 is 0 Å². The number of methoxy groups -OCH3 is 1. The quantitative estimate of drug-likeness (QED) is 0.497. The Morgan fingerprint density at radius 3 is 2.46 bits per heavy atom. The van der Waals surface area contributed by atoms with E-state index in [4.69, 9.17) is 9.47 Å². The Hall–Kier alpha value is -3.12. The number of benzene rings is 2. The molecule has 0 saturated heterocycles. The van der Waals surface area contributed by atoms with Crippen LogP contribution in [-0.4, -0.2) is 36.8 Å². The number of anilines is 3. The van der Waals surface area contributed by atoms with E-state index in [0.717, 1.165) is 41.5 Å². The summed E-state index contributed by atoms with van der Waals surface area (Å²) in [5.74, 6) is 2.17. The van der Waals surface area contributed by atoms with Crippen molar-refractivity contribution in [1.82, 2.24) is 9.97 Å². The van der Waals surface area contributed by atoms with Crippen molar-refractivity contribution in [2.45, 2.75) is 13.3 Å². The first kappa shape index (κ1) is 19.6. The summed E-state index contributed by atoms with van der Waals surface area (Å²) in [6.07, 6.45) is 0.886. The minimum absolute atomic E-state index is 0.589. The number of rotatable bonds is 10. The SMILES string of the molecule is CCOc1ccc(Nc2cc(-c3ccccc3)nc(NCCCOC)n2)cc1. The summed E-state index contributed by atoms with van der Waals surface area (Å²) in [4.78, 5) is 9.26. The topological polar surface area (TPSA) is 68.3 Å². The summed E-state index contributed by atoms with van der Waals surface area (Å²) in [6, 6.07) is 19.9. The zero-order chi connectivity index (χ0) is 19.6. The van der Waals surface area contributed by atoms with Crippen molar-refractivity contribution in [2.24, 2.45) is 0 Å². The molecule has 2 aromatic carbocycles. The predicted molar refractivity (Wildman–Crippen MR) is 113 cm³/mol. The molecule has 1 aromatic heterocycles. The number of nitrogens with one attached hydrogen (secondary N) is 2. The summed E-state index contributed by atoms with van der Waals surface area (Å²) in [6.45, 7) is 4.06. The summed E-state index contributed by atoms with van der Waals surface area (Å²) in [7, 11) is 1.70.